The van der Waals surface area contributed by atoms with Crippen LogP contribution in [0.5, 0.6) is 5.75 Å². The van der Waals surface area contributed by atoms with Crippen molar-refractivity contribution in [2.75, 3.05) is 18.8 Å². The van der Waals surface area contributed by atoms with E-state index >= 15 is 0 Å². The largest absolute Gasteiger partial charge is 0.505 e. The van der Waals surface area contributed by atoms with Crippen LogP contribution in [0.2, 0.25) is 0 Å². The molecule has 1 heterocycles. The highest BCUT2D eigenvalue weighted by Gasteiger charge is 2.35. The Hall–Kier alpha value is -1.43. The number of piperidine rings is 1. The molecule has 3 nitrogen and oxygen atoms in total. The number of hydrogen-bond donors (Lipinski definition) is 2. The van der Waals surface area contributed by atoms with Crippen LogP contribution in [0.25, 0.3) is 0 Å². The second-order valence-electron chi connectivity index (χ2n) is 5.56. The van der Waals surface area contributed by atoms with Crippen molar-refractivity contribution in [1.82, 2.24) is 4.90 Å². The van der Waals surface area contributed by atoms with Crippen LogP contribution in [0.1, 0.15) is 30.9 Å². The molecule has 3 N–H and O–H groups in total. The topological polar surface area (TPSA) is 49.5 Å². The fraction of sp³-hybridized carbons (Fsp3) is 0.571. The number of rotatable bonds is 2. The maximum Gasteiger partial charge on any atom is 0.420 e. The molecule has 1 aromatic rings. The van der Waals surface area contributed by atoms with Crippen LogP contribution >= 0.6 is 0 Å². The zero-order chi connectivity index (χ0) is 14.9. The molecule has 1 aromatic carbocycles. The molecule has 0 saturated carbocycles. The summed E-state index contributed by atoms with van der Waals surface area (Å²) in [5.41, 5.74) is 4.69. The molecule has 0 aliphatic carbocycles. The Morgan fingerprint density at radius 2 is 2.10 bits per heavy atom. The molecule has 0 unspecified atom stereocenters. The lowest BCUT2D eigenvalue weighted by Gasteiger charge is -2.31. The van der Waals surface area contributed by atoms with Gasteiger partial charge in [0.2, 0.25) is 0 Å². The predicted octanol–water partition coefficient (Wildman–Crippen LogP) is 3.23. The van der Waals surface area contributed by atoms with Gasteiger partial charge in [-0.15, -0.1) is 0 Å². The number of alkyl halides is 3. The number of benzene rings is 1. The molecule has 1 aliphatic rings. The second kappa shape index (κ2) is 5.52. The minimum Gasteiger partial charge on any atom is -0.505 e. The number of nitrogens with two attached hydrogens (primary N) is 1. The summed E-state index contributed by atoms with van der Waals surface area (Å²) in [6, 6.07) is 2.41. The molecule has 0 amide bonds. The SMILES string of the molecule is C[C@H]1CCCN(Cc2cc(N)c(O)c(C(F)(F)F)c2)C1. The molecular formula is C14H19F3N2O. The average Bonchev–Trinajstić information content (AvgIpc) is 2.32. The predicted molar refractivity (Wildman–Crippen MR) is 71.2 cm³/mol. The third-order valence-corrected chi connectivity index (χ3v) is 3.65. The number of hydrogen-bond acceptors (Lipinski definition) is 3. The molecule has 2 rings (SSSR count). The van der Waals surface area contributed by atoms with E-state index in [2.05, 4.69) is 11.8 Å². The van der Waals surface area contributed by atoms with E-state index in [0.29, 0.717) is 18.0 Å². The van der Waals surface area contributed by atoms with Gasteiger partial charge in [0, 0.05) is 13.1 Å². The van der Waals surface area contributed by atoms with Gasteiger partial charge >= 0.3 is 6.18 Å². The van der Waals surface area contributed by atoms with Crippen LogP contribution in [0.15, 0.2) is 12.1 Å². The smallest absolute Gasteiger partial charge is 0.420 e. The molecule has 0 radical (unpaired) electrons. The van der Waals surface area contributed by atoms with E-state index < -0.39 is 17.5 Å². The molecule has 0 aromatic heterocycles. The first-order chi connectivity index (χ1) is 9.27. The van der Waals surface area contributed by atoms with Crippen molar-refractivity contribution in [2.24, 2.45) is 5.92 Å². The van der Waals surface area contributed by atoms with Crippen molar-refractivity contribution in [3.05, 3.63) is 23.3 Å². The Bertz CT molecular complexity index is 488. The van der Waals surface area contributed by atoms with Gasteiger partial charge in [0.15, 0.2) is 5.75 Å². The minimum atomic E-state index is -4.59. The highest BCUT2D eigenvalue weighted by molar-refractivity contribution is 5.58. The quantitative estimate of drug-likeness (QED) is 0.649. The molecule has 112 valence electrons. The number of anilines is 1. The Labute approximate surface area is 116 Å². The van der Waals surface area contributed by atoms with Crippen molar-refractivity contribution in [3.63, 3.8) is 0 Å². The standard InChI is InChI=1S/C14H19F3N2O/c1-9-3-2-4-19(7-9)8-10-5-11(14(15,16)17)13(20)12(18)6-10/h5-6,9,20H,2-4,7-8,18H2,1H3/t9-/m0/s1. The van der Waals surface area contributed by atoms with Gasteiger partial charge in [0.25, 0.3) is 0 Å². The molecule has 1 aliphatic heterocycles. The Morgan fingerprint density at radius 3 is 2.70 bits per heavy atom. The summed E-state index contributed by atoms with van der Waals surface area (Å²) in [5.74, 6) is -0.325. The maximum atomic E-state index is 12.8. The molecule has 1 saturated heterocycles. The number of phenolic OH excluding ortho intramolecular Hbond substituents is 1. The number of likely N-dealkylation sites (tertiary alicyclic amines) is 1. The van der Waals surface area contributed by atoms with Crippen LogP contribution in [0, 0.1) is 5.92 Å². The van der Waals surface area contributed by atoms with Crippen molar-refractivity contribution < 1.29 is 18.3 Å². The van der Waals surface area contributed by atoms with Gasteiger partial charge in [-0.1, -0.05) is 6.92 Å². The number of nitrogens with zero attached hydrogens (tertiary/aromatic N) is 1. The fourth-order valence-corrected chi connectivity index (χ4v) is 2.71. The number of aromatic hydroxyl groups is 1. The Balaban J connectivity index is 2.22. The number of phenols is 1. The molecule has 0 bridgehead atoms. The highest BCUT2D eigenvalue weighted by Crippen LogP contribution is 2.39. The molecule has 20 heavy (non-hydrogen) atoms. The summed E-state index contributed by atoms with van der Waals surface area (Å²) in [7, 11) is 0. The first-order valence-electron chi connectivity index (χ1n) is 6.68. The van der Waals surface area contributed by atoms with Gasteiger partial charge in [0.05, 0.1) is 11.3 Å². The first-order valence-corrected chi connectivity index (χ1v) is 6.68. The van der Waals surface area contributed by atoms with Crippen LogP contribution < -0.4 is 5.73 Å². The van der Waals surface area contributed by atoms with Crippen molar-refractivity contribution >= 4 is 5.69 Å². The van der Waals surface area contributed by atoms with Gasteiger partial charge in [-0.25, -0.2) is 0 Å². The van der Waals surface area contributed by atoms with Crippen LogP contribution in [-0.2, 0) is 12.7 Å². The van der Waals surface area contributed by atoms with Crippen molar-refractivity contribution in [3.8, 4) is 5.75 Å². The van der Waals surface area contributed by atoms with Crippen molar-refractivity contribution in [1.29, 1.82) is 0 Å². The second-order valence-corrected chi connectivity index (χ2v) is 5.56. The van der Waals surface area contributed by atoms with Gasteiger partial charge < -0.3 is 10.8 Å². The van der Waals surface area contributed by atoms with E-state index in [-0.39, 0.29) is 5.69 Å². The molecule has 6 heteroatoms. The van der Waals surface area contributed by atoms with E-state index in [1.807, 2.05) is 0 Å². The summed E-state index contributed by atoms with van der Waals surface area (Å²) >= 11 is 0. The molecule has 0 spiro atoms. The van der Waals surface area contributed by atoms with Crippen LogP contribution in [-0.4, -0.2) is 23.1 Å². The van der Waals surface area contributed by atoms with Gasteiger partial charge in [0.1, 0.15) is 0 Å². The third-order valence-electron chi connectivity index (χ3n) is 3.65. The molecular weight excluding hydrogens is 269 g/mol. The van der Waals surface area contributed by atoms with Gasteiger partial charge in [-0.3, -0.25) is 4.90 Å². The molecule has 1 atom stereocenters. The summed E-state index contributed by atoms with van der Waals surface area (Å²) in [6.45, 7) is 4.32. The van der Waals surface area contributed by atoms with Crippen molar-refractivity contribution in [2.45, 2.75) is 32.5 Å². The van der Waals surface area contributed by atoms with E-state index in [0.717, 1.165) is 32.0 Å². The van der Waals surface area contributed by atoms with Gasteiger partial charge in [-0.2, -0.15) is 13.2 Å². The summed E-state index contributed by atoms with van der Waals surface area (Å²) in [4.78, 5) is 2.13. The maximum absolute atomic E-state index is 12.8. The average molecular weight is 288 g/mol. The zero-order valence-corrected chi connectivity index (χ0v) is 11.4. The number of halogens is 3. The van der Waals surface area contributed by atoms with E-state index in [1.165, 1.54) is 6.07 Å². The lowest BCUT2D eigenvalue weighted by molar-refractivity contribution is -0.138. The monoisotopic (exact) mass is 288 g/mol. The third kappa shape index (κ3) is 3.36. The Morgan fingerprint density at radius 1 is 1.40 bits per heavy atom. The summed E-state index contributed by atoms with van der Waals surface area (Å²) in [5, 5.41) is 9.45. The highest BCUT2D eigenvalue weighted by atomic mass is 19.4. The zero-order valence-electron chi connectivity index (χ0n) is 11.4. The lowest BCUT2D eigenvalue weighted by atomic mass is 9.99. The summed E-state index contributed by atoms with van der Waals surface area (Å²) in [6.07, 6.45) is -2.38. The van der Waals surface area contributed by atoms with Crippen LogP contribution in [0.4, 0.5) is 18.9 Å². The van der Waals surface area contributed by atoms with E-state index in [4.69, 9.17) is 5.73 Å². The minimum absolute atomic E-state index is 0.222. The van der Waals surface area contributed by atoms with Crippen LogP contribution in [0.3, 0.4) is 0 Å². The normalized spacial score (nSPS) is 21.1. The number of nitrogen functional groups attached to an aromatic ring is 1. The molecule has 1 fully saturated rings. The fourth-order valence-electron chi connectivity index (χ4n) is 2.71. The van der Waals surface area contributed by atoms with Gasteiger partial charge in [-0.05, 0) is 43.0 Å². The lowest BCUT2D eigenvalue weighted by Crippen LogP contribution is -2.33. The van der Waals surface area contributed by atoms with E-state index in [1.54, 1.807) is 0 Å². The summed E-state index contributed by atoms with van der Waals surface area (Å²) < 4.78 is 38.5. The first kappa shape index (κ1) is 15.0. The van der Waals surface area contributed by atoms with E-state index in [9.17, 15) is 18.3 Å². The Kier molecular flexibility index (Phi) is 4.13.